The average molecular weight is 416 g/mol. The molecule has 0 saturated carbocycles. The molecule has 0 bridgehead atoms. The number of aryl methyl sites for hydroxylation is 2. The van der Waals surface area contributed by atoms with Crippen molar-refractivity contribution in [3.63, 3.8) is 0 Å². The van der Waals surface area contributed by atoms with Crippen molar-refractivity contribution in [2.24, 2.45) is 0 Å². The second-order valence-electron chi connectivity index (χ2n) is 6.96. The van der Waals surface area contributed by atoms with Crippen molar-refractivity contribution in [3.8, 4) is 5.82 Å². The van der Waals surface area contributed by atoms with Crippen LogP contribution in [0.5, 0.6) is 0 Å². The molecule has 0 aliphatic heterocycles. The van der Waals surface area contributed by atoms with E-state index < -0.39 is 0 Å². The molecule has 0 atom stereocenters. The van der Waals surface area contributed by atoms with Gasteiger partial charge in [0.25, 0.3) is 5.56 Å². The minimum absolute atomic E-state index is 0.00523. The van der Waals surface area contributed by atoms with Gasteiger partial charge in [0.15, 0.2) is 10.9 Å². The molecule has 2 aromatic heterocycles. The van der Waals surface area contributed by atoms with Gasteiger partial charge in [0.2, 0.25) is 0 Å². The van der Waals surface area contributed by atoms with Crippen molar-refractivity contribution in [2.45, 2.75) is 25.4 Å². The molecule has 6 heteroatoms. The number of aromatic nitrogens is 3. The molecule has 0 aliphatic carbocycles. The number of nitrogens with zero attached hydrogens (tertiary/aromatic N) is 3. The Balaban J connectivity index is 1.74. The fraction of sp³-hybridized carbons (Fsp3) is 0.167. The standard InChI is InChI=1S/C24H21N3O2S/c1-3-17-10-12-18(13-11-17)21(28)15-30-24-26-20-9-5-4-8-19(20)23(29)27(24)22-16(2)7-6-14-25-22/h4-14H,3,15H2,1-2H3. The third kappa shape index (κ3) is 3.91. The molecular formula is C24H21N3O2S. The Kier molecular flexibility index (Phi) is 5.77. The van der Waals surface area contributed by atoms with E-state index in [4.69, 9.17) is 0 Å². The van der Waals surface area contributed by atoms with Crippen molar-refractivity contribution in [2.75, 3.05) is 5.75 Å². The predicted octanol–water partition coefficient (Wildman–Crippen LogP) is 4.63. The van der Waals surface area contributed by atoms with E-state index in [0.29, 0.717) is 27.4 Å². The summed E-state index contributed by atoms with van der Waals surface area (Å²) in [4.78, 5) is 35.1. The monoisotopic (exact) mass is 415 g/mol. The highest BCUT2D eigenvalue weighted by atomic mass is 32.2. The maximum absolute atomic E-state index is 13.3. The van der Waals surface area contributed by atoms with E-state index in [-0.39, 0.29) is 17.1 Å². The molecule has 150 valence electrons. The highest BCUT2D eigenvalue weighted by Gasteiger charge is 2.17. The number of para-hydroxylation sites is 1. The maximum Gasteiger partial charge on any atom is 0.267 e. The van der Waals surface area contributed by atoms with Gasteiger partial charge in [-0.25, -0.2) is 14.5 Å². The first kappa shape index (κ1) is 20.0. The van der Waals surface area contributed by atoms with Crippen LogP contribution in [0.4, 0.5) is 0 Å². The Morgan fingerprint density at radius 3 is 2.53 bits per heavy atom. The summed E-state index contributed by atoms with van der Waals surface area (Å²) in [5.74, 6) is 0.708. The number of ketones is 1. The van der Waals surface area contributed by atoms with E-state index in [9.17, 15) is 9.59 Å². The van der Waals surface area contributed by atoms with Crippen molar-refractivity contribution < 1.29 is 4.79 Å². The van der Waals surface area contributed by atoms with Crippen LogP contribution in [-0.4, -0.2) is 26.1 Å². The Bertz CT molecular complexity index is 1280. The number of fused-ring (bicyclic) bond motifs is 1. The molecule has 0 fully saturated rings. The second kappa shape index (κ2) is 8.63. The Hall–Kier alpha value is -3.25. The lowest BCUT2D eigenvalue weighted by Crippen LogP contribution is -2.23. The SMILES string of the molecule is CCc1ccc(C(=O)CSc2nc3ccccc3c(=O)n2-c2ncccc2C)cc1. The van der Waals surface area contributed by atoms with Crippen molar-refractivity contribution >= 4 is 28.4 Å². The minimum atomic E-state index is -0.190. The lowest BCUT2D eigenvalue weighted by molar-refractivity contribution is 0.102. The van der Waals surface area contributed by atoms with Gasteiger partial charge in [0, 0.05) is 11.8 Å². The highest BCUT2D eigenvalue weighted by molar-refractivity contribution is 7.99. The van der Waals surface area contributed by atoms with Crippen LogP contribution in [0.2, 0.25) is 0 Å². The summed E-state index contributed by atoms with van der Waals surface area (Å²) in [5, 5.41) is 0.979. The Morgan fingerprint density at radius 2 is 1.80 bits per heavy atom. The summed E-state index contributed by atoms with van der Waals surface area (Å²) < 4.78 is 1.51. The first-order valence-corrected chi connectivity index (χ1v) is 10.8. The van der Waals surface area contributed by atoms with Crippen LogP contribution in [-0.2, 0) is 6.42 Å². The third-order valence-corrected chi connectivity index (χ3v) is 5.89. The summed E-state index contributed by atoms with van der Waals surface area (Å²) in [5.41, 5.74) is 3.12. The van der Waals surface area contributed by atoms with Crippen LogP contribution in [0, 0.1) is 6.92 Å². The molecule has 0 radical (unpaired) electrons. The summed E-state index contributed by atoms with van der Waals surface area (Å²) in [7, 11) is 0. The van der Waals surface area contributed by atoms with Crippen LogP contribution in [0.15, 0.2) is 76.8 Å². The zero-order chi connectivity index (χ0) is 21.1. The fourth-order valence-electron chi connectivity index (χ4n) is 3.25. The maximum atomic E-state index is 13.3. The van der Waals surface area contributed by atoms with E-state index in [1.54, 1.807) is 12.3 Å². The van der Waals surface area contributed by atoms with Crippen molar-refractivity contribution in [1.29, 1.82) is 0 Å². The van der Waals surface area contributed by atoms with Gasteiger partial charge in [-0.2, -0.15) is 0 Å². The molecule has 0 saturated heterocycles. The molecule has 0 aliphatic rings. The van der Waals surface area contributed by atoms with Crippen LogP contribution >= 0.6 is 11.8 Å². The predicted molar refractivity (Wildman–Crippen MR) is 121 cm³/mol. The number of carbonyl (C=O) groups excluding carboxylic acids is 1. The first-order valence-electron chi connectivity index (χ1n) is 9.77. The van der Waals surface area contributed by atoms with Crippen molar-refractivity contribution in [1.82, 2.24) is 14.5 Å². The zero-order valence-electron chi connectivity index (χ0n) is 16.8. The number of Topliss-reactive ketones (excluding diaryl/α,β-unsaturated/α-hetero) is 1. The molecule has 5 nitrogen and oxygen atoms in total. The Labute approximate surface area is 178 Å². The number of benzene rings is 2. The van der Waals surface area contributed by atoms with Gasteiger partial charge in [0.05, 0.1) is 16.7 Å². The van der Waals surface area contributed by atoms with E-state index in [2.05, 4.69) is 16.9 Å². The summed E-state index contributed by atoms with van der Waals surface area (Å²) in [6, 6.07) is 18.6. The largest absolute Gasteiger partial charge is 0.293 e. The third-order valence-electron chi connectivity index (χ3n) is 4.96. The number of hydrogen-bond acceptors (Lipinski definition) is 5. The van der Waals surface area contributed by atoms with Gasteiger partial charge in [-0.05, 0) is 42.7 Å². The number of carbonyl (C=O) groups is 1. The van der Waals surface area contributed by atoms with E-state index in [1.165, 1.54) is 21.9 Å². The molecule has 2 aromatic carbocycles. The summed E-state index contributed by atoms with van der Waals surface area (Å²) >= 11 is 1.25. The van der Waals surface area contributed by atoms with Gasteiger partial charge >= 0.3 is 0 Å². The number of pyridine rings is 1. The zero-order valence-corrected chi connectivity index (χ0v) is 17.6. The van der Waals surface area contributed by atoms with Gasteiger partial charge in [-0.15, -0.1) is 0 Å². The molecular weight excluding hydrogens is 394 g/mol. The van der Waals surface area contributed by atoms with Gasteiger partial charge in [0.1, 0.15) is 5.82 Å². The van der Waals surface area contributed by atoms with Gasteiger partial charge in [-0.3, -0.25) is 9.59 Å². The average Bonchev–Trinajstić information content (AvgIpc) is 2.78. The number of thioether (sulfide) groups is 1. The van der Waals surface area contributed by atoms with E-state index in [0.717, 1.165) is 12.0 Å². The van der Waals surface area contributed by atoms with Gasteiger partial charge in [-0.1, -0.05) is 61.2 Å². The summed E-state index contributed by atoms with van der Waals surface area (Å²) in [6.07, 6.45) is 2.58. The Morgan fingerprint density at radius 1 is 1.03 bits per heavy atom. The fourth-order valence-corrected chi connectivity index (χ4v) is 4.14. The topological polar surface area (TPSA) is 64.8 Å². The minimum Gasteiger partial charge on any atom is -0.293 e. The van der Waals surface area contributed by atoms with E-state index in [1.807, 2.05) is 61.5 Å². The van der Waals surface area contributed by atoms with Crippen LogP contribution in [0.25, 0.3) is 16.7 Å². The van der Waals surface area contributed by atoms with E-state index >= 15 is 0 Å². The molecule has 0 unspecified atom stereocenters. The molecule has 30 heavy (non-hydrogen) atoms. The molecule has 4 rings (SSSR count). The molecule has 0 N–H and O–H groups in total. The van der Waals surface area contributed by atoms with Gasteiger partial charge < -0.3 is 0 Å². The molecule has 0 amide bonds. The summed E-state index contributed by atoms with van der Waals surface area (Å²) in [6.45, 7) is 3.98. The molecule has 0 spiro atoms. The van der Waals surface area contributed by atoms with Crippen molar-refractivity contribution in [3.05, 3.63) is 93.9 Å². The quantitative estimate of drug-likeness (QED) is 0.261. The lowest BCUT2D eigenvalue weighted by Gasteiger charge is -2.14. The molecule has 4 aromatic rings. The second-order valence-corrected chi connectivity index (χ2v) is 7.90. The normalized spacial score (nSPS) is 11.0. The smallest absolute Gasteiger partial charge is 0.267 e. The van der Waals surface area contributed by atoms with Crippen LogP contribution < -0.4 is 5.56 Å². The highest BCUT2D eigenvalue weighted by Crippen LogP contribution is 2.23. The molecule has 2 heterocycles. The first-order chi connectivity index (χ1) is 14.6. The number of hydrogen-bond donors (Lipinski definition) is 0. The van der Waals surface area contributed by atoms with Crippen LogP contribution in [0.3, 0.4) is 0 Å². The van der Waals surface area contributed by atoms with Crippen LogP contribution in [0.1, 0.15) is 28.4 Å². The number of rotatable bonds is 6. The lowest BCUT2D eigenvalue weighted by atomic mass is 10.1.